The summed E-state index contributed by atoms with van der Waals surface area (Å²) in [4.78, 5) is 0. The zero-order valence-corrected chi connectivity index (χ0v) is 14.1. The molecule has 0 N–H and O–H groups in total. The molecule has 114 valence electrons. The molecule has 0 saturated heterocycles. The van der Waals surface area contributed by atoms with Crippen LogP contribution in [0.25, 0.3) is 0 Å². The van der Waals surface area contributed by atoms with Crippen molar-refractivity contribution < 1.29 is 14.2 Å². The van der Waals surface area contributed by atoms with Crippen LogP contribution < -0.4 is 14.2 Å². The maximum Gasteiger partial charge on any atom is 0.179 e. The van der Waals surface area contributed by atoms with Crippen molar-refractivity contribution in [3.05, 3.63) is 51.5 Å². The van der Waals surface area contributed by atoms with Crippen LogP contribution in [0.2, 0.25) is 5.02 Å². The third-order valence-corrected chi connectivity index (χ3v) is 3.48. The minimum absolute atomic E-state index is 0.287. The van der Waals surface area contributed by atoms with Crippen molar-refractivity contribution >= 4 is 27.5 Å². The molecule has 6 heteroatoms. The molecule has 0 aliphatic rings. The normalized spacial score (nSPS) is 9.91. The van der Waals surface area contributed by atoms with Crippen molar-refractivity contribution in [2.24, 2.45) is 0 Å². The molecular weight excluding hydrogens is 370 g/mol. The van der Waals surface area contributed by atoms with E-state index in [1.54, 1.807) is 36.4 Å². The lowest BCUT2D eigenvalue weighted by atomic mass is 10.2. The van der Waals surface area contributed by atoms with Crippen molar-refractivity contribution in [1.82, 2.24) is 0 Å². The molecular formula is C16H13BrClNO3. The molecule has 0 unspecified atom stereocenters. The van der Waals surface area contributed by atoms with Crippen molar-refractivity contribution in [1.29, 1.82) is 5.26 Å². The van der Waals surface area contributed by atoms with E-state index < -0.39 is 0 Å². The van der Waals surface area contributed by atoms with Gasteiger partial charge >= 0.3 is 0 Å². The van der Waals surface area contributed by atoms with Crippen LogP contribution in [0.4, 0.5) is 0 Å². The van der Waals surface area contributed by atoms with Gasteiger partial charge in [0.05, 0.1) is 12.7 Å². The fourth-order valence-corrected chi connectivity index (χ4v) is 2.35. The van der Waals surface area contributed by atoms with Gasteiger partial charge in [-0.05, 0) is 36.4 Å². The Balaban J connectivity index is 1.97. The molecule has 0 bridgehead atoms. The molecule has 0 fully saturated rings. The lowest BCUT2D eigenvalue weighted by Crippen LogP contribution is -2.10. The second kappa shape index (κ2) is 7.92. The largest absolute Gasteiger partial charge is 0.493 e. The molecule has 22 heavy (non-hydrogen) atoms. The zero-order valence-electron chi connectivity index (χ0n) is 11.8. The Hall–Kier alpha value is -1.90. The quantitative estimate of drug-likeness (QED) is 0.693. The second-order valence-corrected chi connectivity index (χ2v) is 5.60. The summed E-state index contributed by atoms with van der Waals surface area (Å²) in [5.41, 5.74) is 0.401. The molecule has 2 rings (SSSR count). The topological polar surface area (TPSA) is 51.5 Å². The summed E-state index contributed by atoms with van der Waals surface area (Å²) in [6.45, 7) is 0.626. The van der Waals surface area contributed by atoms with Crippen molar-refractivity contribution in [2.75, 3.05) is 20.3 Å². The Morgan fingerprint density at radius 2 is 1.82 bits per heavy atom. The van der Waals surface area contributed by atoms with Gasteiger partial charge in [-0.25, -0.2) is 0 Å². The smallest absolute Gasteiger partial charge is 0.179 e. The fourth-order valence-electron chi connectivity index (χ4n) is 1.79. The lowest BCUT2D eigenvalue weighted by Gasteiger charge is -2.13. The monoisotopic (exact) mass is 381 g/mol. The molecule has 0 amide bonds. The van der Waals surface area contributed by atoms with Crippen LogP contribution >= 0.6 is 27.5 Å². The number of halogens is 2. The molecule has 2 aromatic carbocycles. The van der Waals surface area contributed by atoms with Gasteiger partial charge in [0, 0.05) is 9.50 Å². The summed E-state index contributed by atoms with van der Waals surface area (Å²) < 4.78 is 17.2. The van der Waals surface area contributed by atoms with E-state index in [1.165, 1.54) is 7.11 Å². The molecule has 0 radical (unpaired) electrons. The van der Waals surface area contributed by atoms with E-state index >= 15 is 0 Å². The number of benzene rings is 2. The van der Waals surface area contributed by atoms with Crippen LogP contribution in [-0.2, 0) is 0 Å². The highest BCUT2D eigenvalue weighted by Crippen LogP contribution is 2.34. The Morgan fingerprint density at radius 3 is 2.45 bits per heavy atom. The molecule has 0 atom stereocenters. The number of hydrogen-bond acceptors (Lipinski definition) is 4. The Kier molecular flexibility index (Phi) is 5.93. The first-order valence-electron chi connectivity index (χ1n) is 6.43. The van der Waals surface area contributed by atoms with Crippen LogP contribution in [0.15, 0.2) is 40.9 Å². The third-order valence-electron chi connectivity index (χ3n) is 2.77. The number of hydrogen-bond donors (Lipinski definition) is 0. The molecule has 2 aromatic rings. The van der Waals surface area contributed by atoms with Crippen LogP contribution in [0.5, 0.6) is 17.2 Å². The minimum Gasteiger partial charge on any atom is -0.493 e. The summed E-state index contributed by atoms with van der Waals surface area (Å²) >= 11 is 9.13. The SMILES string of the molecule is COc1cc(Br)cc(C#N)c1OCCOc1ccc(Cl)cc1. The van der Waals surface area contributed by atoms with E-state index in [0.29, 0.717) is 34.4 Å². The van der Waals surface area contributed by atoms with Gasteiger partial charge in [-0.2, -0.15) is 5.26 Å². The summed E-state index contributed by atoms with van der Waals surface area (Å²) in [5, 5.41) is 9.83. The highest BCUT2D eigenvalue weighted by Gasteiger charge is 2.12. The molecule has 0 aromatic heterocycles. The molecule has 0 heterocycles. The van der Waals surface area contributed by atoms with Gasteiger partial charge in [0.15, 0.2) is 11.5 Å². The van der Waals surface area contributed by atoms with E-state index in [0.717, 1.165) is 4.47 Å². The number of nitrogens with zero attached hydrogens (tertiary/aromatic N) is 1. The highest BCUT2D eigenvalue weighted by molar-refractivity contribution is 9.10. The maximum atomic E-state index is 9.17. The van der Waals surface area contributed by atoms with Gasteiger partial charge in [-0.15, -0.1) is 0 Å². The number of rotatable bonds is 6. The van der Waals surface area contributed by atoms with Crippen LogP contribution in [-0.4, -0.2) is 20.3 Å². The van der Waals surface area contributed by atoms with Crippen molar-refractivity contribution in [3.63, 3.8) is 0 Å². The standard InChI is InChI=1S/C16H13BrClNO3/c1-20-15-9-12(17)8-11(10-19)16(15)22-7-6-21-14-4-2-13(18)3-5-14/h2-5,8-9H,6-7H2,1H3. The van der Waals surface area contributed by atoms with Gasteiger partial charge in [0.25, 0.3) is 0 Å². The predicted molar refractivity (Wildman–Crippen MR) is 87.9 cm³/mol. The molecule has 0 saturated carbocycles. The molecule has 0 spiro atoms. The second-order valence-electron chi connectivity index (χ2n) is 4.25. The molecule has 0 aliphatic carbocycles. The summed E-state index contributed by atoms with van der Waals surface area (Å²) in [7, 11) is 1.53. The number of nitriles is 1. The van der Waals surface area contributed by atoms with Crippen molar-refractivity contribution in [3.8, 4) is 23.3 Å². The Bertz CT molecular complexity index is 683. The van der Waals surface area contributed by atoms with E-state index in [4.69, 9.17) is 25.8 Å². The van der Waals surface area contributed by atoms with E-state index in [2.05, 4.69) is 22.0 Å². The van der Waals surface area contributed by atoms with Crippen LogP contribution in [0, 0.1) is 11.3 Å². The van der Waals surface area contributed by atoms with Gasteiger partial charge < -0.3 is 14.2 Å². The third kappa shape index (κ3) is 4.30. The highest BCUT2D eigenvalue weighted by atomic mass is 79.9. The van der Waals surface area contributed by atoms with E-state index in [-0.39, 0.29) is 6.61 Å². The predicted octanol–water partition coefficient (Wildman–Crippen LogP) is 4.44. The summed E-state index contributed by atoms with van der Waals surface area (Å²) in [6, 6.07) is 12.6. The van der Waals surface area contributed by atoms with Crippen LogP contribution in [0.3, 0.4) is 0 Å². The first-order valence-corrected chi connectivity index (χ1v) is 7.60. The van der Waals surface area contributed by atoms with Gasteiger partial charge in [-0.3, -0.25) is 0 Å². The fraction of sp³-hybridized carbons (Fsp3) is 0.188. The first-order chi connectivity index (χ1) is 10.6. The van der Waals surface area contributed by atoms with Gasteiger partial charge in [0.2, 0.25) is 0 Å². The minimum atomic E-state index is 0.287. The zero-order chi connectivity index (χ0) is 15.9. The van der Waals surface area contributed by atoms with E-state index in [1.807, 2.05) is 0 Å². The lowest BCUT2D eigenvalue weighted by molar-refractivity contribution is 0.211. The first kappa shape index (κ1) is 16.5. The van der Waals surface area contributed by atoms with Crippen molar-refractivity contribution in [2.45, 2.75) is 0 Å². The van der Waals surface area contributed by atoms with Gasteiger partial charge in [0.1, 0.15) is 25.0 Å². The Morgan fingerprint density at radius 1 is 1.14 bits per heavy atom. The molecule has 4 nitrogen and oxygen atoms in total. The summed E-state index contributed by atoms with van der Waals surface area (Å²) in [6.07, 6.45) is 0. The summed E-state index contributed by atoms with van der Waals surface area (Å²) in [5.74, 6) is 1.61. The molecule has 0 aliphatic heterocycles. The van der Waals surface area contributed by atoms with E-state index in [9.17, 15) is 5.26 Å². The number of ether oxygens (including phenoxy) is 3. The number of methoxy groups -OCH3 is 1. The average molecular weight is 383 g/mol. The Labute approximate surface area is 142 Å². The van der Waals surface area contributed by atoms with Gasteiger partial charge in [-0.1, -0.05) is 27.5 Å². The average Bonchev–Trinajstić information content (AvgIpc) is 2.53. The maximum absolute atomic E-state index is 9.17. The van der Waals surface area contributed by atoms with Crippen LogP contribution in [0.1, 0.15) is 5.56 Å².